The van der Waals surface area contributed by atoms with Crippen molar-refractivity contribution < 1.29 is 37.0 Å². The average Bonchev–Trinajstić information content (AvgIpc) is 1.27. The molecule has 0 aliphatic rings. The van der Waals surface area contributed by atoms with Crippen LogP contribution < -0.4 is 41.2 Å². The number of aromatic nitrogens is 14. The van der Waals surface area contributed by atoms with E-state index in [0.29, 0.717) is 80.3 Å². The molecular formula is C72H60N14O12. The van der Waals surface area contributed by atoms with Crippen molar-refractivity contribution in [3.8, 4) is 68.5 Å². The van der Waals surface area contributed by atoms with E-state index in [2.05, 4.69) is 50.8 Å². The molecule has 490 valence electrons. The van der Waals surface area contributed by atoms with Crippen molar-refractivity contribution in [1.82, 2.24) is 69.3 Å². The van der Waals surface area contributed by atoms with E-state index < -0.39 is 0 Å². The molecule has 0 aliphatic heterocycles. The molecule has 0 amide bonds. The molecule has 26 heteroatoms. The van der Waals surface area contributed by atoms with Gasteiger partial charge in [0.25, 0.3) is 22.2 Å². The first-order chi connectivity index (χ1) is 47.9. The van der Waals surface area contributed by atoms with Gasteiger partial charge in [0.15, 0.2) is 0 Å². The molecule has 8 aromatic heterocycles. The van der Waals surface area contributed by atoms with E-state index in [9.17, 15) is 19.2 Å². The monoisotopic (exact) mass is 1310 g/mol. The first-order valence-corrected chi connectivity index (χ1v) is 30.4. The normalized spacial score (nSPS) is 10.9. The SMILES string of the molecule is COc1ccc(-c2noc(Cn3ncc4ccccc4c3=O)n2)cc1.COc1ccccc1-c1noc(Cn2ccc(C)c(C)c2=O)n1.COc1ccccc1-c1noc(Cn2ccc3ccccc3c2=O)n1.COc1ccccc1-c1noc(Cn2ncc3ccccc3c2=O)n1. The number of aryl methyl sites for hydroxylation is 1. The maximum absolute atomic E-state index is 12.6. The molecule has 8 heterocycles. The Balaban J connectivity index is 0.000000124. The fourth-order valence-electron chi connectivity index (χ4n) is 10.2. The standard InChI is InChI=1S/C19H15N3O3.2C18H14N4O3.C17H17N3O3/c1-24-16-9-5-4-8-15(16)18-20-17(25-21-18)12-22-11-10-13-6-2-3-7-14(13)19(22)23;1-24-15-9-5-4-8-14(15)17-20-16(25-21-17)11-22-18(23)13-7-3-2-6-12(13)10-19-22;1-24-14-8-6-12(7-9-14)17-20-16(25-21-17)11-22-18(23)15-5-3-2-4-13(15)10-19-22;1-11-8-9-20(17(21)12(11)2)10-15-18-16(19-23-15)13-6-4-5-7-14(13)22-3/h2-11H,12H2,1H3;2*2-10H,11H2,1H3;4-9H,10H2,1-3H3. The number of fused-ring (bicyclic) bond motifs is 3. The third-order valence-electron chi connectivity index (χ3n) is 15.5. The van der Waals surface area contributed by atoms with E-state index in [1.807, 2.05) is 184 Å². The number of para-hydroxylation sites is 3. The fourth-order valence-corrected chi connectivity index (χ4v) is 10.2. The molecule has 7 aromatic carbocycles. The van der Waals surface area contributed by atoms with E-state index in [1.54, 1.807) is 74.5 Å². The Morgan fingerprint density at radius 2 is 0.724 bits per heavy atom. The van der Waals surface area contributed by atoms with Gasteiger partial charge in [-0.25, -0.2) is 9.36 Å². The number of ether oxygens (including phenoxy) is 4. The van der Waals surface area contributed by atoms with Crippen molar-refractivity contribution in [2.24, 2.45) is 0 Å². The van der Waals surface area contributed by atoms with Gasteiger partial charge in [0.05, 0.1) is 68.3 Å². The van der Waals surface area contributed by atoms with E-state index in [4.69, 9.17) is 37.0 Å². The van der Waals surface area contributed by atoms with Crippen LogP contribution in [-0.4, -0.2) is 97.7 Å². The lowest BCUT2D eigenvalue weighted by atomic mass is 10.2. The number of pyridine rings is 2. The van der Waals surface area contributed by atoms with Crippen molar-refractivity contribution in [2.45, 2.75) is 40.0 Å². The minimum atomic E-state index is -0.199. The summed E-state index contributed by atoms with van der Waals surface area (Å²) in [6, 6.07) is 55.5. The Hall–Kier alpha value is -13.3. The molecule has 0 aliphatic carbocycles. The maximum atomic E-state index is 12.6. The van der Waals surface area contributed by atoms with Crippen LogP contribution in [0.2, 0.25) is 0 Å². The molecule has 0 radical (unpaired) electrons. The van der Waals surface area contributed by atoms with Crippen LogP contribution in [0.1, 0.15) is 34.7 Å². The zero-order chi connectivity index (χ0) is 68.1. The summed E-state index contributed by atoms with van der Waals surface area (Å²) >= 11 is 0. The molecule has 0 N–H and O–H groups in total. The van der Waals surface area contributed by atoms with Crippen molar-refractivity contribution in [3.05, 3.63) is 283 Å². The number of rotatable bonds is 16. The second-order valence-corrected chi connectivity index (χ2v) is 21.7. The highest BCUT2D eigenvalue weighted by atomic mass is 16.5. The zero-order valence-corrected chi connectivity index (χ0v) is 53.6. The molecule has 0 unspecified atom stereocenters. The van der Waals surface area contributed by atoms with Crippen LogP contribution >= 0.6 is 0 Å². The van der Waals surface area contributed by atoms with Gasteiger partial charge in [-0.05, 0) is 116 Å². The first kappa shape index (κ1) is 64.8. The van der Waals surface area contributed by atoms with Crippen LogP contribution in [0.5, 0.6) is 23.0 Å². The lowest BCUT2D eigenvalue weighted by molar-refractivity contribution is 0.363. The highest BCUT2D eigenvalue weighted by molar-refractivity contribution is 5.82. The summed E-state index contributed by atoms with van der Waals surface area (Å²) in [5.74, 6) is 5.80. The topological polar surface area (TPSA) is 306 Å². The van der Waals surface area contributed by atoms with Crippen molar-refractivity contribution in [3.63, 3.8) is 0 Å². The molecule has 0 saturated heterocycles. The van der Waals surface area contributed by atoms with Gasteiger partial charge in [0, 0.05) is 39.7 Å². The van der Waals surface area contributed by atoms with Gasteiger partial charge in [0.1, 0.15) is 49.2 Å². The van der Waals surface area contributed by atoms with Gasteiger partial charge < -0.3 is 46.2 Å². The molecule has 26 nitrogen and oxygen atoms in total. The van der Waals surface area contributed by atoms with Crippen molar-refractivity contribution >= 4 is 32.3 Å². The third kappa shape index (κ3) is 14.6. The molecule has 0 atom stereocenters. The Bertz CT molecular complexity index is 5360. The van der Waals surface area contributed by atoms with Crippen LogP contribution in [0, 0.1) is 13.8 Å². The largest absolute Gasteiger partial charge is 0.497 e. The Kier molecular flexibility index (Phi) is 19.7. The van der Waals surface area contributed by atoms with Crippen LogP contribution in [-0.2, 0) is 26.2 Å². The van der Waals surface area contributed by atoms with E-state index in [-0.39, 0.29) is 48.4 Å². The zero-order valence-electron chi connectivity index (χ0n) is 53.6. The number of nitrogens with zero attached hydrogens (tertiary/aromatic N) is 14. The van der Waals surface area contributed by atoms with Crippen LogP contribution in [0.25, 0.3) is 77.9 Å². The van der Waals surface area contributed by atoms with Gasteiger partial charge in [0.2, 0.25) is 46.9 Å². The van der Waals surface area contributed by atoms with Crippen LogP contribution in [0.15, 0.2) is 244 Å². The third-order valence-corrected chi connectivity index (χ3v) is 15.5. The van der Waals surface area contributed by atoms with Gasteiger partial charge >= 0.3 is 0 Å². The molecule has 15 aromatic rings. The number of hydrogen-bond donors (Lipinski definition) is 0. The molecule has 15 rings (SSSR count). The summed E-state index contributed by atoms with van der Waals surface area (Å²) in [4.78, 5) is 67.2. The average molecular weight is 1310 g/mol. The summed E-state index contributed by atoms with van der Waals surface area (Å²) < 4.78 is 47.9. The second-order valence-electron chi connectivity index (χ2n) is 21.7. The van der Waals surface area contributed by atoms with Crippen molar-refractivity contribution in [2.75, 3.05) is 28.4 Å². The van der Waals surface area contributed by atoms with Gasteiger partial charge in [-0.15, -0.1) is 0 Å². The van der Waals surface area contributed by atoms with Crippen LogP contribution in [0.3, 0.4) is 0 Å². The molecular weight excluding hydrogens is 1250 g/mol. The molecule has 0 saturated carbocycles. The quantitative estimate of drug-likeness (QED) is 0.0868. The molecule has 0 fully saturated rings. The number of hydrogen-bond acceptors (Lipinski definition) is 22. The van der Waals surface area contributed by atoms with Crippen molar-refractivity contribution in [1.29, 1.82) is 0 Å². The van der Waals surface area contributed by atoms with E-state index in [0.717, 1.165) is 55.3 Å². The Morgan fingerprint density at radius 1 is 0.357 bits per heavy atom. The lowest BCUT2D eigenvalue weighted by Crippen LogP contribution is -2.23. The van der Waals surface area contributed by atoms with Gasteiger partial charge in [-0.2, -0.15) is 30.1 Å². The minimum Gasteiger partial charge on any atom is -0.497 e. The summed E-state index contributed by atoms with van der Waals surface area (Å²) in [6.07, 6.45) is 6.76. The highest BCUT2D eigenvalue weighted by Crippen LogP contribution is 2.30. The summed E-state index contributed by atoms with van der Waals surface area (Å²) in [7, 11) is 6.37. The lowest BCUT2D eigenvalue weighted by Gasteiger charge is -2.05. The minimum absolute atomic E-state index is 0.0537. The first-order valence-electron chi connectivity index (χ1n) is 30.4. The predicted octanol–water partition coefficient (Wildman–Crippen LogP) is 10.7. The van der Waals surface area contributed by atoms with E-state index >= 15 is 0 Å². The number of benzene rings is 7. The Labute approximate surface area is 556 Å². The van der Waals surface area contributed by atoms with Gasteiger partial charge in [-0.1, -0.05) is 112 Å². The fraction of sp³-hybridized carbons (Fsp3) is 0.139. The van der Waals surface area contributed by atoms with Crippen LogP contribution in [0.4, 0.5) is 0 Å². The predicted molar refractivity (Wildman–Crippen MR) is 362 cm³/mol. The highest BCUT2D eigenvalue weighted by Gasteiger charge is 2.19. The molecule has 0 spiro atoms. The summed E-state index contributed by atoms with van der Waals surface area (Å²) in [6.45, 7) is 4.39. The Morgan fingerprint density at radius 3 is 1.17 bits per heavy atom. The van der Waals surface area contributed by atoms with E-state index in [1.165, 1.54) is 9.36 Å². The second kappa shape index (κ2) is 29.8. The summed E-state index contributed by atoms with van der Waals surface area (Å²) in [5.41, 5.74) is 4.16. The maximum Gasteiger partial charge on any atom is 0.275 e. The number of methoxy groups -OCH3 is 4. The molecule has 98 heavy (non-hydrogen) atoms. The molecule has 0 bridgehead atoms. The summed E-state index contributed by atoms with van der Waals surface area (Å²) in [5, 5.41) is 28.6. The smallest absolute Gasteiger partial charge is 0.275 e. The van der Waals surface area contributed by atoms with Gasteiger partial charge in [-0.3, -0.25) is 19.2 Å².